The van der Waals surface area contributed by atoms with Gasteiger partial charge in [-0.05, 0) is 69.2 Å². The first-order valence-corrected chi connectivity index (χ1v) is 10.1. The molecular formula is C22H27BrN2O4. The molecule has 0 spiro atoms. The van der Waals surface area contributed by atoms with Gasteiger partial charge in [-0.3, -0.25) is 4.79 Å². The van der Waals surface area contributed by atoms with Gasteiger partial charge in [-0.1, -0.05) is 26.8 Å². The number of phenolic OH excluding ortho intramolecular Hbond substituents is 1. The average molecular weight is 463 g/mol. The molecule has 2 aromatic carbocycles. The van der Waals surface area contributed by atoms with Crippen LogP contribution >= 0.6 is 15.9 Å². The molecule has 0 aliphatic rings. The van der Waals surface area contributed by atoms with Gasteiger partial charge < -0.3 is 14.6 Å². The highest BCUT2D eigenvalue weighted by Crippen LogP contribution is 2.31. The van der Waals surface area contributed by atoms with Crippen molar-refractivity contribution in [2.75, 3.05) is 13.7 Å². The normalized spacial score (nSPS) is 11.5. The number of ether oxygens (including phenoxy) is 2. The van der Waals surface area contributed by atoms with Gasteiger partial charge in [-0.15, -0.1) is 0 Å². The maximum Gasteiger partial charge on any atom is 0.240 e. The Kier molecular flexibility index (Phi) is 8.08. The topological polar surface area (TPSA) is 80.2 Å². The van der Waals surface area contributed by atoms with E-state index in [1.54, 1.807) is 12.1 Å². The molecule has 2 N–H and O–H groups in total. The van der Waals surface area contributed by atoms with E-state index in [9.17, 15) is 9.90 Å². The Hall–Kier alpha value is -2.54. The lowest BCUT2D eigenvalue weighted by Gasteiger charge is -2.20. The monoisotopic (exact) mass is 462 g/mol. The van der Waals surface area contributed by atoms with E-state index in [-0.39, 0.29) is 17.1 Å². The van der Waals surface area contributed by atoms with E-state index in [4.69, 9.17) is 9.47 Å². The summed E-state index contributed by atoms with van der Waals surface area (Å²) in [7, 11) is 1.47. The molecule has 2 aromatic rings. The minimum atomic E-state index is -0.197. The maximum absolute atomic E-state index is 11.9. The lowest BCUT2D eigenvalue weighted by Crippen LogP contribution is -2.18. The Morgan fingerprint density at radius 2 is 1.97 bits per heavy atom. The molecule has 1 amide bonds. The van der Waals surface area contributed by atoms with Crippen LogP contribution in [-0.2, 0) is 10.2 Å². The molecule has 0 aliphatic carbocycles. The van der Waals surface area contributed by atoms with Crippen molar-refractivity contribution in [3.8, 4) is 17.2 Å². The zero-order valence-electron chi connectivity index (χ0n) is 17.2. The van der Waals surface area contributed by atoms with E-state index in [1.165, 1.54) is 25.0 Å². The standard InChI is InChI=1S/C22H27BrN2O4/c1-22(2,3)16-8-10-19(17(23)13-16)29-11-5-6-21(27)25-24-14-15-7-9-18(26)20(12-15)28-4/h7-10,12-14,26H,5-6,11H2,1-4H3,(H,25,27)/b24-14+. The van der Waals surface area contributed by atoms with E-state index < -0.39 is 0 Å². The van der Waals surface area contributed by atoms with E-state index >= 15 is 0 Å². The van der Waals surface area contributed by atoms with Gasteiger partial charge in [0.2, 0.25) is 5.91 Å². The zero-order chi connectivity index (χ0) is 21.4. The number of halogens is 1. The fraction of sp³-hybridized carbons (Fsp3) is 0.364. The predicted molar refractivity (Wildman–Crippen MR) is 118 cm³/mol. The molecule has 0 aliphatic heterocycles. The molecule has 6 nitrogen and oxygen atoms in total. The van der Waals surface area contributed by atoms with Crippen molar-refractivity contribution in [3.05, 3.63) is 52.0 Å². The van der Waals surface area contributed by atoms with Gasteiger partial charge in [0, 0.05) is 6.42 Å². The molecule has 2 rings (SSSR count). The fourth-order valence-electron chi connectivity index (χ4n) is 2.51. The molecule has 0 radical (unpaired) electrons. The zero-order valence-corrected chi connectivity index (χ0v) is 18.7. The van der Waals surface area contributed by atoms with Crippen molar-refractivity contribution in [1.29, 1.82) is 0 Å². The van der Waals surface area contributed by atoms with Gasteiger partial charge in [0.05, 0.1) is 24.4 Å². The van der Waals surface area contributed by atoms with Crippen molar-refractivity contribution in [1.82, 2.24) is 5.43 Å². The van der Waals surface area contributed by atoms with Gasteiger partial charge >= 0.3 is 0 Å². The Bertz CT molecular complexity index is 876. The molecule has 0 atom stereocenters. The molecule has 0 saturated heterocycles. The van der Waals surface area contributed by atoms with E-state index in [0.717, 1.165) is 10.2 Å². The average Bonchev–Trinajstić information content (AvgIpc) is 2.66. The lowest BCUT2D eigenvalue weighted by molar-refractivity contribution is -0.121. The number of nitrogens with one attached hydrogen (secondary N) is 1. The van der Waals surface area contributed by atoms with Gasteiger partial charge in [0.15, 0.2) is 11.5 Å². The van der Waals surface area contributed by atoms with Crippen molar-refractivity contribution < 1.29 is 19.4 Å². The molecule has 156 valence electrons. The smallest absolute Gasteiger partial charge is 0.240 e. The van der Waals surface area contributed by atoms with Crippen LogP contribution in [0.15, 0.2) is 46.0 Å². The van der Waals surface area contributed by atoms with Crippen LogP contribution < -0.4 is 14.9 Å². The van der Waals surface area contributed by atoms with Gasteiger partial charge in [0.1, 0.15) is 5.75 Å². The van der Waals surface area contributed by atoms with Crippen LogP contribution in [0, 0.1) is 0 Å². The Morgan fingerprint density at radius 3 is 2.62 bits per heavy atom. The molecule has 7 heteroatoms. The van der Waals surface area contributed by atoms with Gasteiger partial charge in [0.25, 0.3) is 0 Å². The first-order chi connectivity index (χ1) is 13.7. The molecule has 0 aromatic heterocycles. The molecule has 0 unspecified atom stereocenters. The molecule has 29 heavy (non-hydrogen) atoms. The predicted octanol–water partition coefficient (Wildman–Crippen LogP) is 4.77. The van der Waals surface area contributed by atoms with Crippen molar-refractivity contribution in [2.45, 2.75) is 39.0 Å². The molecule has 0 bridgehead atoms. The Labute approximate surface area is 180 Å². The highest BCUT2D eigenvalue weighted by molar-refractivity contribution is 9.10. The Balaban J connectivity index is 1.75. The number of hydrogen-bond donors (Lipinski definition) is 2. The summed E-state index contributed by atoms with van der Waals surface area (Å²) in [6.45, 7) is 6.91. The van der Waals surface area contributed by atoms with Crippen LogP contribution in [0.5, 0.6) is 17.2 Å². The number of carbonyl (C=O) groups excluding carboxylic acids is 1. The molecule has 0 saturated carbocycles. The number of rotatable bonds is 8. The number of aromatic hydroxyl groups is 1. The lowest BCUT2D eigenvalue weighted by atomic mass is 9.87. The minimum absolute atomic E-state index is 0.0494. The number of phenols is 1. The number of benzene rings is 2. The third-order valence-corrected chi connectivity index (χ3v) is 4.83. The molecule has 0 heterocycles. The second-order valence-corrected chi connectivity index (χ2v) is 8.43. The molecule has 0 fully saturated rings. The summed E-state index contributed by atoms with van der Waals surface area (Å²) in [6.07, 6.45) is 2.36. The summed E-state index contributed by atoms with van der Waals surface area (Å²) in [6, 6.07) is 10.9. The summed E-state index contributed by atoms with van der Waals surface area (Å²) < 4.78 is 11.7. The summed E-state index contributed by atoms with van der Waals surface area (Å²) in [5.74, 6) is 0.961. The highest BCUT2D eigenvalue weighted by Gasteiger charge is 2.15. The molecular weight excluding hydrogens is 436 g/mol. The number of nitrogens with zero attached hydrogens (tertiary/aromatic N) is 1. The van der Waals surface area contributed by atoms with Crippen LogP contribution in [0.1, 0.15) is 44.7 Å². The summed E-state index contributed by atoms with van der Waals surface area (Å²) in [5, 5.41) is 13.5. The first kappa shape index (κ1) is 22.7. The second kappa shape index (κ2) is 10.3. The van der Waals surface area contributed by atoms with Crippen LogP contribution in [0.25, 0.3) is 0 Å². The van der Waals surface area contributed by atoms with Gasteiger partial charge in [-0.2, -0.15) is 5.10 Å². The summed E-state index contributed by atoms with van der Waals surface area (Å²) in [5.41, 5.74) is 4.48. The number of methoxy groups -OCH3 is 1. The van der Waals surface area contributed by atoms with E-state index in [0.29, 0.717) is 30.8 Å². The van der Waals surface area contributed by atoms with Crippen molar-refractivity contribution in [2.24, 2.45) is 5.10 Å². The third-order valence-electron chi connectivity index (χ3n) is 4.21. The van der Waals surface area contributed by atoms with E-state index in [2.05, 4.69) is 59.4 Å². The quantitative estimate of drug-likeness (QED) is 0.336. The largest absolute Gasteiger partial charge is 0.504 e. The van der Waals surface area contributed by atoms with Crippen LogP contribution in [0.2, 0.25) is 0 Å². The van der Waals surface area contributed by atoms with E-state index in [1.807, 2.05) is 6.07 Å². The summed E-state index contributed by atoms with van der Waals surface area (Å²) in [4.78, 5) is 11.9. The van der Waals surface area contributed by atoms with Crippen molar-refractivity contribution >= 4 is 28.1 Å². The third kappa shape index (κ3) is 7.09. The fourth-order valence-corrected chi connectivity index (χ4v) is 3.00. The first-order valence-electron chi connectivity index (χ1n) is 9.32. The number of hydrazone groups is 1. The number of amides is 1. The number of carbonyl (C=O) groups is 1. The summed E-state index contributed by atoms with van der Waals surface area (Å²) >= 11 is 3.54. The SMILES string of the molecule is COc1cc(/C=N/NC(=O)CCCOc2ccc(C(C)(C)C)cc2Br)ccc1O. The van der Waals surface area contributed by atoms with Crippen LogP contribution in [0.4, 0.5) is 0 Å². The minimum Gasteiger partial charge on any atom is -0.504 e. The second-order valence-electron chi connectivity index (χ2n) is 7.57. The highest BCUT2D eigenvalue weighted by atomic mass is 79.9. The van der Waals surface area contributed by atoms with Crippen LogP contribution in [0.3, 0.4) is 0 Å². The van der Waals surface area contributed by atoms with Crippen molar-refractivity contribution in [3.63, 3.8) is 0 Å². The number of hydrogen-bond acceptors (Lipinski definition) is 5. The maximum atomic E-state index is 11.9. The van der Waals surface area contributed by atoms with Crippen LogP contribution in [-0.4, -0.2) is 30.9 Å². The Morgan fingerprint density at radius 1 is 1.21 bits per heavy atom. The van der Waals surface area contributed by atoms with Gasteiger partial charge in [-0.25, -0.2) is 5.43 Å².